The van der Waals surface area contributed by atoms with Crippen molar-refractivity contribution in [2.75, 3.05) is 6.54 Å². The summed E-state index contributed by atoms with van der Waals surface area (Å²) in [7, 11) is 0. The van der Waals surface area contributed by atoms with Crippen LogP contribution in [0.3, 0.4) is 0 Å². The lowest BCUT2D eigenvalue weighted by Gasteiger charge is -2.29. The third-order valence-electron chi connectivity index (χ3n) is 6.27. The highest BCUT2D eigenvalue weighted by Crippen LogP contribution is 2.28. The van der Waals surface area contributed by atoms with E-state index in [0.717, 1.165) is 0 Å². The van der Waals surface area contributed by atoms with Gasteiger partial charge in [0, 0.05) is 30.6 Å². The molecule has 9 heteroatoms. The maximum absolute atomic E-state index is 12.8. The number of piperidine rings is 1. The summed E-state index contributed by atoms with van der Waals surface area (Å²) < 4.78 is 0. The Morgan fingerprint density at radius 1 is 1.15 bits per heavy atom. The standard InChI is InChI=1S/C24H23N3O6/c1-24(23(32)33,16-5-3-2-4-6-16)13-25-20(29)14-7-8-17-15(11-14)12-27(22(17)31)18-9-10-19(28)26-21(18)30/h2-8,11,18H,9-10,12-13H2,1H3,(H,25,29)(H,32,33)(H,26,28,30). The number of nitrogens with one attached hydrogen (secondary N) is 2. The van der Waals surface area contributed by atoms with Gasteiger partial charge in [0.1, 0.15) is 11.5 Å². The molecule has 2 atom stereocenters. The van der Waals surface area contributed by atoms with Gasteiger partial charge in [0.2, 0.25) is 11.8 Å². The first-order chi connectivity index (χ1) is 15.7. The predicted molar refractivity (Wildman–Crippen MR) is 116 cm³/mol. The summed E-state index contributed by atoms with van der Waals surface area (Å²) in [5, 5.41) is 14.7. The van der Waals surface area contributed by atoms with E-state index in [2.05, 4.69) is 10.6 Å². The van der Waals surface area contributed by atoms with Crippen molar-refractivity contribution in [2.45, 2.75) is 37.8 Å². The number of carbonyl (C=O) groups excluding carboxylic acids is 4. The smallest absolute Gasteiger partial charge is 0.315 e. The second-order valence-corrected chi connectivity index (χ2v) is 8.46. The Morgan fingerprint density at radius 2 is 1.88 bits per heavy atom. The molecule has 0 aliphatic carbocycles. The molecule has 0 saturated carbocycles. The fourth-order valence-electron chi connectivity index (χ4n) is 4.18. The molecule has 170 valence electrons. The second-order valence-electron chi connectivity index (χ2n) is 8.46. The summed E-state index contributed by atoms with van der Waals surface area (Å²) in [5.41, 5.74) is 0.536. The summed E-state index contributed by atoms with van der Waals surface area (Å²) >= 11 is 0. The zero-order valence-electron chi connectivity index (χ0n) is 18.0. The lowest BCUT2D eigenvalue weighted by Crippen LogP contribution is -2.52. The molecular weight excluding hydrogens is 426 g/mol. The molecule has 33 heavy (non-hydrogen) atoms. The number of hydrogen-bond donors (Lipinski definition) is 3. The SMILES string of the molecule is CC(CNC(=O)c1ccc2c(c1)CN(C1CCC(=O)NC1=O)C2=O)(C(=O)O)c1ccccc1. The molecule has 2 aliphatic heterocycles. The molecule has 2 aromatic rings. The molecule has 1 saturated heterocycles. The van der Waals surface area contributed by atoms with Crippen molar-refractivity contribution in [2.24, 2.45) is 0 Å². The summed E-state index contributed by atoms with van der Waals surface area (Å²) in [4.78, 5) is 62.5. The monoisotopic (exact) mass is 449 g/mol. The van der Waals surface area contributed by atoms with Crippen LogP contribution in [0, 0.1) is 0 Å². The van der Waals surface area contributed by atoms with Crippen molar-refractivity contribution in [1.82, 2.24) is 15.5 Å². The van der Waals surface area contributed by atoms with Gasteiger partial charge in [-0.2, -0.15) is 0 Å². The van der Waals surface area contributed by atoms with Crippen LogP contribution < -0.4 is 10.6 Å². The van der Waals surface area contributed by atoms with E-state index in [0.29, 0.717) is 16.7 Å². The number of carboxylic acid groups (broad SMARTS) is 1. The van der Waals surface area contributed by atoms with Crippen LogP contribution >= 0.6 is 0 Å². The lowest BCUT2D eigenvalue weighted by molar-refractivity contribution is -0.143. The number of nitrogens with zero attached hydrogens (tertiary/aromatic N) is 1. The summed E-state index contributed by atoms with van der Waals surface area (Å²) in [6.45, 7) is 1.58. The first-order valence-electron chi connectivity index (χ1n) is 10.6. The number of carboxylic acids is 1. The molecule has 3 N–H and O–H groups in total. The zero-order valence-corrected chi connectivity index (χ0v) is 18.0. The second kappa shape index (κ2) is 8.50. The van der Waals surface area contributed by atoms with Crippen molar-refractivity contribution in [3.05, 3.63) is 70.8 Å². The van der Waals surface area contributed by atoms with Gasteiger partial charge >= 0.3 is 5.97 Å². The summed E-state index contributed by atoms with van der Waals surface area (Å²) in [6.07, 6.45) is 0.416. The molecule has 0 spiro atoms. The maximum Gasteiger partial charge on any atom is 0.315 e. The number of aliphatic carboxylic acids is 1. The van der Waals surface area contributed by atoms with Crippen LogP contribution in [-0.2, 0) is 26.3 Å². The van der Waals surface area contributed by atoms with E-state index < -0.39 is 29.2 Å². The Kier molecular flexibility index (Phi) is 5.71. The lowest BCUT2D eigenvalue weighted by atomic mass is 9.82. The van der Waals surface area contributed by atoms with E-state index >= 15 is 0 Å². The van der Waals surface area contributed by atoms with Gasteiger partial charge in [-0.15, -0.1) is 0 Å². The largest absolute Gasteiger partial charge is 0.481 e. The zero-order chi connectivity index (χ0) is 23.8. The van der Waals surface area contributed by atoms with E-state index in [1.165, 1.54) is 17.0 Å². The van der Waals surface area contributed by atoms with Crippen LogP contribution in [0.5, 0.6) is 0 Å². The molecule has 2 aliphatic rings. The molecule has 0 aromatic heterocycles. The van der Waals surface area contributed by atoms with Crippen LogP contribution in [0.1, 0.15) is 51.6 Å². The predicted octanol–water partition coefficient (Wildman–Crippen LogP) is 1.22. The Hall–Kier alpha value is -4.01. The summed E-state index contributed by atoms with van der Waals surface area (Å²) in [5.74, 6) is -2.71. The topological polar surface area (TPSA) is 133 Å². The molecule has 4 rings (SSSR count). The van der Waals surface area contributed by atoms with Gasteiger partial charge in [0.25, 0.3) is 11.8 Å². The van der Waals surface area contributed by atoms with Crippen molar-refractivity contribution < 1.29 is 29.1 Å². The van der Waals surface area contributed by atoms with Crippen molar-refractivity contribution >= 4 is 29.6 Å². The maximum atomic E-state index is 12.8. The molecule has 9 nitrogen and oxygen atoms in total. The Labute approximate surface area is 189 Å². The molecular formula is C24H23N3O6. The number of carbonyl (C=O) groups is 5. The highest BCUT2D eigenvalue weighted by atomic mass is 16.4. The normalized spacial score (nSPS) is 19.5. The van der Waals surface area contributed by atoms with Crippen molar-refractivity contribution in [1.29, 1.82) is 0 Å². The van der Waals surface area contributed by atoms with Crippen LogP contribution in [-0.4, -0.2) is 52.2 Å². The summed E-state index contributed by atoms with van der Waals surface area (Å²) in [6, 6.07) is 12.5. The first-order valence-corrected chi connectivity index (χ1v) is 10.6. The fraction of sp³-hybridized carbons (Fsp3) is 0.292. The quantitative estimate of drug-likeness (QED) is 0.568. The van der Waals surface area contributed by atoms with Gasteiger partial charge in [-0.1, -0.05) is 30.3 Å². The fourth-order valence-corrected chi connectivity index (χ4v) is 4.18. The van der Waals surface area contributed by atoms with E-state index in [1.54, 1.807) is 43.3 Å². The highest BCUT2D eigenvalue weighted by Gasteiger charge is 2.39. The number of hydrogen-bond acceptors (Lipinski definition) is 5. The number of imide groups is 1. The first kappa shape index (κ1) is 22.2. The number of amides is 4. The molecule has 0 radical (unpaired) electrons. The molecule has 2 heterocycles. The minimum atomic E-state index is -1.31. The van der Waals surface area contributed by atoms with Crippen LogP contribution in [0.4, 0.5) is 0 Å². The van der Waals surface area contributed by atoms with Crippen LogP contribution in [0.2, 0.25) is 0 Å². The van der Waals surface area contributed by atoms with Crippen LogP contribution in [0.15, 0.2) is 48.5 Å². The van der Waals surface area contributed by atoms with E-state index in [4.69, 9.17) is 0 Å². The molecule has 4 amide bonds. The van der Waals surface area contributed by atoms with E-state index in [1.807, 2.05) is 0 Å². The van der Waals surface area contributed by atoms with Gasteiger partial charge in [-0.3, -0.25) is 29.3 Å². The molecule has 2 aromatic carbocycles. The van der Waals surface area contributed by atoms with E-state index in [9.17, 15) is 29.1 Å². The van der Waals surface area contributed by atoms with Gasteiger partial charge in [0.05, 0.1) is 0 Å². The molecule has 1 fully saturated rings. The third kappa shape index (κ3) is 4.09. The third-order valence-corrected chi connectivity index (χ3v) is 6.27. The van der Waals surface area contributed by atoms with Crippen molar-refractivity contribution in [3.8, 4) is 0 Å². The minimum absolute atomic E-state index is 0.121. The Morgan fingerprint density at radius 3 is 2.55 bits per heavy atom. The molecule has 0 bridgehead atoms. The van der Waals surface area contributed by atoms with Gasteiger partial charge in [0.15, 0.2) is 0 Å². The minimum Gasteiger partial charge on any atom is -0.481 e. The van der Waals surface area contributed by atoms with Gasteiger partial charge in [-0.25, -0.2) is 0 Å². The average Bonchev–Trinajstić information content (AvgIpc) is 3.13. The van der Waals surface area contributed by atoms with Gasteiger partial charge in [-0.05, 0) is 42.7 Å². The number of rotatable bonds is 6. The number of fused-ring (bicyclic) bond motifs is 1. The average molecular weight is 449 g/mol. The van der Waals surface area contributed by atoms with E-state index in [-0.39, 0.29) is 43.3 Å². The Bertz CT molecular complexity index is 1160. The highest BCUT2D eigenvalue weighted by molar-refractivity contribution is 6.06. The Balaban J connectivity index is 1.48. The molecule has 2 unspecified atom stereocenters. The number of benzene rings is 2. The van der Waals surface area contributed by atoms with Gasteiger partial charge < -0.3 is 15.3 Å². The van der Waals surface area contributed by atoms with Crippen LogP contribution in [0.25, 0.3) is 0 Å². The van der Waals surface area contributed by atoms with Crippen molar-refractivity contribution in [3.63, 3.8) is 0 Å².